The molecule has 0 aliphatic rings. The quantitative estimate of drug-likeness (QED) is 0.645. The van der Waals surface area contributed by atoms with E-state index in [2.05, 4.69) is 10.2 Å². The van der Waals surface area contributed by atoms with Crippen molar-refractivity contribution < 1.29 is 14.4 Å². The van der Waals surface area contributed by atoms with Crippen molar-refractivity contribution in [3.05, 3.63) is 0 Å². The molecule has 0 fully saturated rings. The van der Waals surface area contributed by atoms with Crippen LogP contribution in [-0.2, 0) is 9.57 Å². The van der Waals surface area contributed by atoms with Gasteiger partial charge in [-0.05, 0) is 27.7 Å². The van der Waals surface area contributed by atoms with Crippen molar-refractivity contribution in [3.8, 4) is 0 Å². The molecule has 0 rings (SSSR count). The van der Waals surface area contributed by atoms with Crippen LogP contribution in [0.3, 0.4) is 0 Å². The zero-order valence-electron chi connectivity index (χ0n) is 8.59. The highest BCUT2D eigenvalue weighted by Crippen LogP contribution is 2.06. The Morgan fingerprint density at radius 2 is 2.08 bits per heavy atom. The molecule has 1 amide bonds. The molecule has 0 aliphatic heterocycles. The lowest BCUT2D eigenvalue weighted by molar-refractivity contribution is 0.0397. The zero-order chi connectivity index (χ0) is 10.5. The van der Waals surface area contributed by atoms with E-state index in [1.807, 2.05) is 0 Å². The Bertz CT molecular complexity index is 165. The summed E-state index contributed by atoms with van der Waals surface area (Å²) in [6.07, 6.45) is -0.677. The fraction of sp³-hybridized carbons (Fsp3) is 0.875. The molecular formula is C8H18N2O3. The first-order chi connectivity index (χ1) is 5.85. The Morgan fingerprint density at radius 1 is 1.54 bits per heavy atom. The maximum absolute atomic E-state index is 11.0. The van der Waals surface area contributed by atoms with E-state index in [0.29, 0.717) is 6.54 Å². The highest BCUT2D eigenvalue weighted by molar-refractivity contribution is 5.67. The maximum Gasteiger partial charge on any atom is 0.407 e. The Hall–Kier alpha value is -0.810. The second-order valence-corrected chi connectivity index (χ2v) is 3.83. The second-order valence-electron chi connectivity index (χ2n) is 3.83. The van der Waals surface area contributed by atoms with Crippen LogP contribution in [0, 0.1) is 0 Å². The molecular weight excluding hydrogens is 172 g/mol. The number of alkyl carbamates (subject to hydrolysis) is 1. The molecule has 5 nitrogen and oxygen atoms in total. The van der Waals surface area contributed by atoms with Crippen LogP contribution in [0.15, 0.2) is 0 Å². The van der Waals surface area contributed by atoms with Gasteiger partial charge in [-0.25, -0.2) is 10.7 Å². The first-order valence-electron chi connectivity index (χ1n) is 4.17. The lowest BCUT2D eigenvalue weighted by atomic mass is 10.2. The van der Waals surface area contributed by atoms with Gasteiger partial charge in [0.1, 0.15) is 5.60 Å². The molecule has 78 valence electrons. The SMILES string of the molecule is C[C@H](CNC(=O)OC(C)(C)C)ON. The van der Waals surface area contributed by atoms with Crippen LogP contribution < -0.4 is 11.2 Å². The third kappa shape index (κ3) is 7.55. The van der Waals surface area contributed by atoms with E-state index in [9.17, 15) is 4.79 Å². The van der Waals surface area contributed by atoms with Crippen molar-refractivity contribution in [1.29, 1.82) is 0 Å². The number of carbonyl (C=O) groups is 1. The minimum absolute atomic E-state index is 0.215. The third-order valence-corrected chi connectivity index (χ3v) is 1.17. The summed E-state index contributed by atoms with van der Waals surface area (Å²) in [5, 5.41) is 2.52. The summed E-state index contributed by atoms with van der Waals surface area (Å²) in [6.45, 7) is 7.49. The Morgan fingerprint density at radius 3 is 2.46 bits per heavy atom. The molecule has 5 heteroatoms. The molecule has 0 bridgehead atoms. The van der Waals surface area contributed by atoms with Gasteiger partial charge in [0.05, 0.1) is 6.10 Å². The first-order valence-corrected chi connectivity index (χ1v) is 4.17. The van der Waals surface area contributed by atoms with E-state index >= 15 is 0 Å². The van der Waals surface area contributed by atoms with Gasteiger partial charge in [-0.15, -0.1) is 0 Å². The number of rotatable bonds is 3. The molecule has 0 radical (unpaired) electrons. The average Bonchev–Trinajstić information content (AvgIpc) is 1.97. The number of nitrogens with two attached hydrogens (primary N) is 1. The predicted molar refractivity (Wildman–Crippen MR) is 49.0 cm³/mol. The maximum atomic E-state index is 11.0. The number of carbonyl (C=O) groups excluding carboxylic acids is 1. The minimum Gasteiger partial charge on any atom is -0.444 e. The predicted octanol–water partition coefficient (Wildman–Crippen LogP) is 0.790. The molecule has 0 aromatic carbocycles. The standard InChI is InChI=1S/C8H18N2O3/c1-6(13-9)5-10-7(11)12-8(2,3)4/h6H,5,9H2,1-4H3,(H,10,11)/t6-/m1/s1. The van der Waals surface area contributed by atoms with Crippen LogP contribution >= 0.6 is 0 Å². The van der Waals surface area contributed by atoms with Gasteiger partial charge in [0.25, 0.3) is 0 Å². The van der Waals surface area contributed by atoms with Gasteiger partial charge in [0.2, 0.25) is 0 Å². The lowest BCUT2D eigenvalue weighted by Gasteiger charge is -2.20. The van der Waals surface area contributed by atoms with Crippen LogP contribution in [-0.4, -0.2) is 24.3 Å². The summed E-state index contributed by atoms with van der Waals surface area (Å²) < 4.78 is 4.99. The van der Waals surface area contributed by atoms with Crippen molar-refractivity contribution in [3.63, 3.8) is 0 Å². The fourth-order valence-corrected chi connectivity index (χ4v) is 0.589. The molecule has 13 heavy (non-hydrogen) atoms. The van der Waals surface area contributed by atoms with Crippen molar-refractivity contribution >= 4 is 6.09 Å². The summed E-state index contributed by atoms with van der Waals surface area (Å²) in [7, 11) is 0. The van der Waals surface area contributed by atoms with Gasteiger partial charge in [-0.1, -0.05) is 0 Å². The van der Waals surface area contributed by atoms with Crippen molar-refractivity contribution in [2.24, 2.45) is 5.90 Å². The normalized spacial score (nSPS) is 13.6. The lowest BCUT2D eigenvalue weighted by Crippen LogP contribution is -2.37. The van der Waals surface area contributed by atoms with Gasteiger partial charge in [-0.3, -0.25) is 4.84 Å². The monoisotopic (exact) mass is 190 g/mol. The van der Waals surface area contributed by atoms with Crippen LogP contribution in [0.5, 0.6) is 0 Å². The van der Waals surface area contributed by atoms with Gasteiger partial charge < -0.3 is 10.1 Å². The molecule has 0 saturated carbocycles. The number of amides is 1. The van der Waals surface area contributed by atoms with Crippen LogP contribution in [0.1, 0.15) is 27.7 Å². The van der Waals surface area contributed by atoms with Gasteiger partial charge in [0.15, 0.2) is 0 Å². The highest BCUT2D eigenvalue weighted by atomic mass is 16.6. The summed E-state index contributed by atoms with van der Waals surface area (Å²) in [5.74, 6) is 4.89. The number of hydrogen-bond acceptors (Lipinski definition) is 4. The molecule has 0 aromatic rings. The Labute approximate surface area is 78.5 Å². The smallest absolute Gasteiger partial charge is 0.407 e. The highest BCUT2D eigenvalue weighted by Gasteiger charge is 2.16. The van der Waals surface area contributed by atoms with E-state index in [1.54, 1.807) is 27.7 Å². The first kappa shape index (κ1) is 12.2. The number of hydrogen-bond donors (Lipinski definition) is 2. The molecule has 0 aromatic heterocycles. The molecule has 0 aliphatic carbocycles. The van der Waals surface area contributed by atoms with Gasteiger partial charge >= 0.3 is 6.09 Å². The zero-order valence-corrected chi connectivity index (χ0v) is 8.59. The Kier molecular flexibility index (Phi) is 4.72. The molecule has 0 spiro atoms. The van der Waals surface area contributed by atoms with Gasteiger partial charge in [0, 0.05) is 6.54 Å². The van der Waals surface area contributed by atoms with Gasteiger partial charge in [-0.2, -0.15) is 0 Å². The molecule has 3 N–H and O–H groups in total. The second kappa shape index (κ2) is 5.04. The van der Waals surface area contributed by atoms with Crippen molar-refractivity contribution in [2.75, 3.05) is 6.54 Å². The largest absolute Gasteiger partial charge is 0.444 e. The van der Waals surface area contributed by atoms with E-state index in [1.165, 1.54) is 0 Å². The van der Waals surface area contributed by atoms with Crippen LogP contribution in [0.25, 0.3) is 0 Å². The van der Waals surface area contributed by atoms with Crippen LogP contribution in [0.2, 0.25) is 0 Å². The fourth-order valence-electron chi connectivity index (χ4n) is 0.589. The summed E-state index contributed by atoms with van der Waals surface area (Å²) in [6, 6.07) is 0. The average molecular weight is 190 g/mol. The summed E-state index contributed by atoms with van der Waals surface area (Å²) in [5.41, 5.74) is -0.475. The van der Waals surface area contributed by atoms with E-state index in [-0.39, 0.29) is 6.10 Å². The summed E-state index contributed by atoms with van der Waals surface area (Å²) in [4.78, 5) is 15.5. The number of ether oxygens (including phenoxy) is 1. The third-order valence-electron chi connectivity index (χ3n) is 1.17. The minimum atomic E-state index is -0.475. The van der Waals surface area contributed by atoms with E-state index in [0.717, 1.165) is 0 Å². The van der Waals surface area contributed by atoms with Crippen molar-refractivity contribution in [1.82, 2.24) is 5.32 Å². The van der Waals surface area contributed by atoms with E-state index in [4.69, 9.17) is 10.6 Å². The number of nitrogens with one attached hydrogen (secondary N) is 1. The molecule has 0 heterocycles. The summed E-state index contributed by atoms with van der Waals surface area (Å²) >= 11 is 0. The molecule has 0 saturated heterocycles. The van der Waals surface area contributed by atoms with Crippen LogP contribution in [0.4, 0.5) is 4.79 Å². The van der Waals surface area contributed by atoms with Crippen molar-refractivity contribution in [2.45, 2.75) is 39.4 Å². The topological polar surface area (TPSA) is 73.6 Å². The molecule has 1 atom stereocenters. The Balaban J connectivity index is 3.64. The van der Waals surface area contributed by atoms with E-state index < -0.39 is 11.7 Å². The molecule has 0 unspecified atom stereocenters.